The Hall–Kier alpha value is -2.18. The van der Waals surface area contributed by atoms with Gasteiger partial charge in [0.1, 0.15) is 5.58 Å². The van der Waals surface area contributed by atoms with E-state index in [1.54, 1.807) is 6.07 Å². The van der Waals surface area contributed by atoms with Crippen molar-refractivity contribution < 1.29 is 14.3 Å². The topological polar surface area (TPSA) is 82.8 Å². The Morgan fingerprint density at radius 2 is 1.96 bits per heavy atom. The molecule has 1 amide bonds. The van der Waals surface area contributed by atoms with Crippen molar-refractivity contribution in [2.75, 3.05) is 19.6 Å². The molecule has 27 heavy (non-hydrogen) atoms. The molecule has 0 aliphatic carbocycles. The van der Waals surface area contributed by atoms with Crippen molar-refractivity contribution in [2.45, 2.75) is 45.8 Å². The van der Waals surface area contributed by atoms with Crippen LogP contribution in [0.2, 0.25) is 0 Å². The molecule has 2 aliphatic rings. The molecule has 2 saturated heterocycles. The van der Waals surface area contributed by atoms with Gasteiger partial charge in [-0.05, 0) is 69.0 Å². The Kier molecular flexibility index (Phi) is 4.56. The highest BCUT2D eigenvalue weighted by Gasteiger charge is 2.45. The smallest absolute Gasteiger partial charge is 0.336 e. The number of carbonyl (C=O) groups excluding carboxylic acids is 1. The number of aliphatic hydroxyl groups is 1. The summed E-state index contributed by atoms with van der Waals surface area (Å²) in [4.78, 5) is 26.7. The Bertz CT molecular complexity index is 941. The van der Waals surface area contributed by atoms with Crippen LogP contribution in [-0.4, -0.2) is 41.7 Å². The second-order valence-corrected chi connectivity index (χ2v) is 8.17. The number of hydrogen-bond donors (Lipinski definition) is 2. The van der Waals surface area contributed by atoms with Crippen molar-refractivity contribution in [1.29, 1.82) is 0 Å². The SMILES string of the molecule is Cc1cc(C)c2oc(=O)cc(CN3CCC4(CC3)CC(O)CNC4=O)c2c1. The van der Waals surface area contributed by atoms with Crippen molar-refractivity contribution in [3.8, 4) is 0 Å². The summed E-state index contributed by atoms with van der Waals surface area (Å²) in [5.74, 6) is 0.0736. The van der Waals surface area contributed by atoms with Gasteiger partial charge in [-0.15, -0.1) is 0 Å². The predicted octanol–water partition coefficient (Wildman–Crippen LogP) is 1.87. The lowest BCUT2D eigenvalue weighted by Crippen LogP contribution is -2.55. The quantitative estimate of drug-likeness (QED) is 0.789. The van der Waals surface area contributed by atoms with Gasteiger partial charge in [-0.3, -0.25) is 9.69 Å². The molecule has 1 aromatic heterocycles. The zero-order valence-electron chi connectivity index (χ0n) is 15.9. The van der Waals surface area contributed by atoms with E-state index in [1.807, 2.05) is 19.9 Å². The number of likely N-dealkylation sites (tertiary alicyclic amines) is 1. The van der Waals surface area contributed by atoms with E-state index >= 15 is 0 Å². The first-order valence-electron chi connectivity index (χ1n) is 9.59. The number of benzene rings is 1. The molecule has 0 bridgehead atoms. The summed E-state index contributed by atoms with van der Waals surface area (Å²) in [5.41, 5.74) is 2.96. The van der Waals surface area contributed by atoms with Crippen LogP contribution in [0.1, 0.15) is 36.0 Å². The van der Waals surface area contributed by atoms with Gasteiger partial charge >= 0.3 is 5.63 Å². The fourth-order valence-electron chi connectivity index (χ4n) is 4.63. The lowest BCUT2D eigenvalue weighted by molar-refractivity contribution is -0.141. The maximum atomic E-state index is 12.4. The summed E-state index contributed by atoms with van der Waals surface area (Å²) < 4.78 is 5.44. The Balaban J connectivity index is 1.56. The summed E-state index contributed by atoms with van der Waals surface area (Å²) in [6.45, 7) is 6.55. The third kappa shape index (κ3) is 3.39. The maximum absolute atomic E-state index is 12.4. The molecule has 3 heterocycles. The number of β-amino-alcohol motifs (C(OH)–C–C–N with tert-alkyl or cyclic N) is 1. The molecule has 1 aromatic carbocycles. The van der Waals surface area contributed by atoms with Gasteiger partial charge in [0.15, 0.2) is 0 Å². The first-order valence-corrected chi connectivity index (χ1v) is 9.59. The number of fused-ring (bicyclic) bond motifs is 1. The van der Waals surface area contributed by atoms with Gasteiger partial charge in [-0.25, -0.2) is 4.79 Å². The first kappa shape index (κ1) is 18.2. The average molecular weight is 370 g/mol. The maximum Gasteiger partial charge on any atom is 0.336 e. The fraction of sp³-hybridized carbons (Fsp3) is 0.524. The van der Waals surface area contributed by atoms with E-state index in [1.165, 1.54) is 0 Å². The van der Waals surface area contributed by atoms with Crippen LogP contribution < -0.4 is 10.9 Å². The van der Waals surface area contributed by atoms with Crippen LogP contribution in [0.5, 0.6) is 0 Å². The number of amides is 1. The van der Waals surface area contributed by atoms with Gasteiger partial charge in [-0.1, -0.05) is 6.07 Å². The molecule has 2 aromatic rings. The minimum atomic E-state index is -0.456. The van der Waals surface area contributed by atoms with E-state index in [0.717, 1.165) is 48.0 Å². The van der Waals surface area contributed by atoms with Gasteiger partial charge in [-0.2, -0.15) is 0 Å². The van der Waals surface area contributed by atoms with Crippen LogP contribution in [0, 0.1) is 19.3 Å². The zero-order valence-corrected chi connectivity index (χ0v) is 15.9. The Morgan fingerprint density at radius 1 is 1.22 bits per heavy atom. The summed E-state index contributed by atoms with van der Waals surface area (Å²) in [7, 11) is 0. The van der Waals surface area contributed by atoms with Gasteiger partial charge in [0, 0.05) is 24.5 Å². The second kappa shape index (κ2) is 6.77. The summed E-state index contributed by atoms with van der Waals surface area (Å²) in [6, 6.07) is 5.67. The zero-order chi connectivity index (χ0) is 19.2. The Morgan fingerprint density at radius 3 is 2.70 bits per heavy atom. The lowest BCUT2D eigenvalue weighted by Gasteiger charge is -2.44. The summed E-state index contributed by atoms with van der Waals surface area (Å²) >= 11 is 0. The number of aryl methyl sites for hydroxylation is 2. The van der Waals surface area contributed by atoms with E-state index in [-0.39, 0.29) is 11.5 Å². The molecular weight excluding hydrogens is 344 g/mol. The molecule has 6 nitrogen and oxygen atoms in total. The number of aliphatic hydroxyl groups excluding tert-OH is 1. The van der Waals surface area contributed by atoms with E-state index in [4.69, 9.17) is 4.42 Å². The van der Waals surface area contributed by atoms with E-state index < -0.39 is 11.5 Å². The van der Waals surface area contributed by atoms with Gasteiger partial charge in [0.2, 0.25) is 5.91 Å². The summed E-state index contributed by atoms with van der Waals surface area (Å²) in [5, 5.41) is 13.8. The average Bonchev–Trinajstić information content (AvgIpc) is 2.61. The number of nitrogens with one attached hydrogen (secondary N) is 1. The highest BCUT2D eigenvalue weighted by molar-refractivity contribution is 5.84. The van der Waals surface area contributed by atoms with Crippen LogP contribution >= 0.6 is 0 Å². The molecule has 2 N–H and O–H groups in total. The van der Waals surface area contributed by atoms with Crippen LogP contribution in [0.15, 0.2) is 27.4 Å². The largest absolute Gasteiger partial charge is 0.422 e. The van der Waals surface area contributed by atoms with E-state index in [2.05, 4.69) is 16.3 Å². The minimum Gasteiger partial charge on any atom is -0.422 e. The van der Waals surface area contributed by atoms with Crippen molar-refractivity contribution >= 4 is 16.9 Å². The summed E-state index contributed by atoms with van der Waals surface area (Å²) in [6.07, 6.45) is 1.55. The molecule has 1 unspecified atom stereocenters. The molecule has 2 aliphatic heterocycles. The lowest BCUT2D eigenvalue weighted by atomic mass is 9.71. The molecule has 1 spiro atoms. The molecule has 144 valence electrons. The third-order valence-corrected chi connectivity index (χ3v) is 6.07. The first-order chi connectivity index (χ1) is 12.9. The van der Waals surface area contributed by atoms with Crippen molar-refractivity contribution in [3.63, 3.8) is 0 Å². The monoisotopic (exact) mass is 370 g/mol. The van der Waals surface area contributed by atoms with Crippen LogP contribution in [-0.2, 0) is 11.3 Å². The molecule has 4 rings (SSSR count). The third-order valence-electron chi connectivity index (χ3n) is 6.07. The second-order valence-electron chi connectivity index (χ2n) is 8.17. The number of nitrogens with zero attached hydrogens (tertiary/aromatic N) is 1. The van der Waals surface area contributed by atoms with Gasteiger partial charge in [0.25, 0.3) is 0 Å². The van der Waals surface area contributed by atoms with Crippen LogP contribution in [0.4, 0.5) is 0 Å². The fourth-order valence-corrected chi connectivity index (χ4v) is 4.63. The standard InChI is InChI=1S/C21H26N2O4/c1-13-7-14(2)19-17(8-13)15(9-18(25)27-19)12-23-5-3-21(4-6-23)10-16(24)11-22-20(21)26/h7-9,16,24H,3-6,10-12H2,1-2H3,(H,22,26). The molecule has 0 radical (unpaired) electrons. The van der Waals surface area contributed by atoms with E-state index in [9.17, 15) is 14.7 Å². The van der Waals surface area contributed by atoms with Crippen LogP contribution in [0.25, 0.3) is 11.0 Å². The molecule has 1 atom stereocenters. The predicted molar refractivity (Wildman–Crippen MR) is 103 cm³/mol. The normalized spacial score (nSPS) is 22.9. The van der Waals surface area contributed by atoms with Crippen LogP contribution in [0.3, 0.4) is 0 Å². The molecule has 6 heteroatoms. The Labute approximate surface area is 158 Å². The molecular formula is C21H26N2O4. The number of piperidine rings is 2. The van der Waals surface area contributed by atoms with Crippen molar-refractivity contribution in [3.05, 3.63) is 45.3 Å². The highest BCUT2D eigenvalue weighted by atomic mass is 16.4. The highest BCUT2D eigenvalue weighted by Crippen LogP contribution is 2.39. The number of hydrogen-bond acceptors (Lipinski definition) is 5. The van der Waals surface area contributed by atoms with Crippen molar-refractivity contribution in [2.24, 2.45) is 5.41 Å². The molecule has 2 fully saturated rings. The minimum absolute atomic E-state index is 0.0736. The molecule has 0 saturated carbocycles. The van der Waals surface area contributed by atoms with Gasteiger partial charge in [0.05, 0.1) is 11.5 Å². The van der Waals surface area contributed by atoms with E-state index in [0.29, 0.717) is 25.1 Å². The van der Waals surface area contributed by atoms with Crippen molar-refractivity contribution in [1.82, 2.24) is 10.2 Å². The number of rotatable bonds is 2. The van der Waals surface area contributed by atoms with Gasteiger partial charge < -0.3 is 14.8 Å². The number of carbonyl (C=O) groups is 1.